The van der Waals surface area contributed by atoms with Gasteiger partial charge in [-0.2, -0.15) is 0 Å². The van der Waals surface area contributed by atoms with Gasteiger partial charge >= 0.3 is 0 Å². The summed E-state index contributed by atoms with van der Waals surface area (Å²) < 4.78 is 22.6. The maximum absolute atomic E-state index is 5.92. The lowest BCUT2D eigenvalue weighted by atomic mass is 10.1. The van der Waals surface area contributed by atoms with Gasteiger partial charge in [0.05, 0.1) is 13.2 Å². The molecular formula is C13H14O4. The SMILES string of the molecule is c1ccc(CO[C@H]2[C@@H]3O[C@@H]3[C@@H]3OC[C@H]2O3)cc1. The third kappa shape index (κ3) is 1.68. The summed E-state index contributed by atoms with van der Waals surface area (Å²) in [6.45, 7) is 1.23. The molecule has 3 aliphatic rings. The third-order valence-corrected chi connectivity index (χ3v) is 3.54. The number of hydrogen-bond donors (Lipinski definition) is 0. The first-order chi connectivity index (χ1) is 8.42. The second kappa shape index (κ2) is 3.78. The summed E-state index contributed by atoms with van der Waals surface area (Å²) in [5, 5.41) is 0. The maximum Gasteiger partial charge on any atom is 0.187 e. The van der Waals surface area contributed by atoms with E-state index in [0.717, 1.165) is 0 Å². The molecule has 3 aliphatic heterocycles. The van der Waals surface area contributed by atoms with Crippen molar-refractivity contribution in [2.45, 2.75) is 37.3 Å². The molecule has 3 saturated heterocycles. The average Bonchev–Trinajstić information content (AvgIpc) is 3.05. The van der Waals surface area contributed by atoms with Crippen LogP contribution in [0.3, 0.4) is 0 Å². The zero-order chi connectivity index (χ0) is 11.2. The summed E-state index contributed by atoms with van der Waals surface area (Å²) >= 11 is 0. The Labute approximate surface area is 99.4 Å². The molecule has 0 N–H and O–H groups in total. The van der Waals surface area contributed by atoms with Crippen LogP contribution in [-0.2, 0) is 25.6 Å². The number of fused-ring (bicyclic) bond motifs is 4. The number of hydrogen-bond acceptors (Lipinski definition) is 4. The molecule has 0 aliphatic carbocycles. The Morgan fingerprint density at radius 3 is 2.88 bits per heavy atom. The lowest BCUT2D eigenvalue weighted by Gasteiger charge is -2.24. The second-order valence-corrected chi connectivity index (χ2v) is 4.70. The average molecular weight is 234 g/mol. The van der Waals surface area contributed by atoms with Crippen molar-refractivity contribution < 1.29 is 18.9 Å². The molecule has 17 heavy (non-hydrogen) atoms. The summed E-state index contributed by atoms with van der Waals surface area (Å²) in [4.78, 5) is 0. The number of rotatable bonds is 3. The first-order valence-electron chi connectivity index (χ1n) is 6.00. The molecule has 3 heterocycles. The molecule has 3 fully saturated rings. The summed E-state index contributed by atoms with van der Waals surface area (Å²) in [5.41, 5.74) is 1.17. The predicted octanol–water partition coefficient (Wildman–Crippen LogP) is 1.09. The molecule has 4 heteroatoms. The Morgan fingerprint density at radius 2 is 2.00 bits per heavy atom. The van der Waals surface area contributed by atoms with Gasteiger partial charge in [0, 0.05) is 0 Å². The highest BCUT2D eigenvalue weighted by atomic mass is 16.8. The highest BCUT2D eigenvalue weighted by molar-refractivity contribution is 5.14. The van der Waals surface area contributed by atoms with Gasteiger partial charge in [0.1, 0.15) is 24.4 Å². The van der Waals surface area contributed by atoms with Crippen molar-refractivity contribution in [2.75, 3.05) is 6.61 Å². The first kappa shape index (κ1) is 10.0. The van der Waals surface area contributed by atoms with Gasteiger partial charge in [0.15, 0.2) is 6.29 Å². The number of benzene rings is 1. The fraction of sp³-hybridized carbons (Fsp3) is 0.538. The molecule has 90 valence electrons. The topological polar surface area (TPSA) is 40.2 Å². The standard InChI is InChI=1S/C13H14O4/c1-2-4-8(5-3-1)6-14-10-9-7-15-13(16-9)12-11(10)17-12/h1-5,9-13H,6-7H2/t9-,10-,11+,12+,13-/m1/s1. The first-order valence-corrected chi connectivity index (χ1v) is 6.00. The van der Waals surface area contributed by atoms with Crippen LogP contribution in [-0.4, -0.2) is 37.3 Å². The Hall–Kier alpha value is -0.940. The van der Waals surface area contributed by atoms with Crippen LogP contribution in [0.4, 0.5) is 0 Å². The van der Waals surface area contributed by atoms with Crippen LogP contribution in [0.2, 0.25) is 0 Å². The Morgan fingerprint density at radius 1 is 1.12 bits per heavy atom. The van der Waals surface area contributed by atoms with Gasteiger partial charge in [-0.3, -0.25) is 0 Å². The van der Waals surface area contributed by atoms with Crippen LogP contribution in [0.25, 0.3) is 0 Å². The fourth-order valence-electron chi connectivity index (χ4n) is 2.58. The van der Waals surface area contributed by atoms with Crippen molar-refractivity contribution in [3.63, 3.8) is 0 Å². The molecule has 4 rings (SSSR count). The molecule has 0 saturated carbocycles. The van der Waals surface area contributed by atoms with E-state index in [1.54, 1.807) is 0 Å². The van der Waals surface area contributed by atoms with Crippen LogP contribution in [0.1, 0.15) is 5.56 Å². The zero-order valence-corrected chi connectivity index (χ0v) is 9.32. The van der Waals surface area contributed by atoms with Crippen molar-refractivity contribution in [1.29, 1.82) is 0 Å². The molecule has 0 unspecified atom stereocenters. The quantitative estimate of drug-likeness (QED) is 0.734. The Kier molecular flexibility index (Phi) is 2.23. The predicted molar refractivity (Wildman–Crippen MR) is 58.3 cm³/mol. The fourth-order valence-corrected chi connectivity index (χ4v) is 2.58. The molecule has 0 radical (unpaired) electrons. The van der Waals surface area contributed by atoms with E-state index in [4.69, 9.17) is 18.9 Å². The van der Waals surface area contributed by atoms with E-state index in [1.807, 2.05) is 18.2 Å². The lowest BCUT2D eigenvalue weighted by molar-refractivity contribution is -0.121. The van der Waals surface area contributed by atoms with Gasteiger partial charge < -0.3 is 18.9 Å². The highest BCUT2D eigenvalue weighted by Crippen LogP contribution is 2.43. The molecule has 1 aromatic carbocycles. The van der Waals surface area contributed by atoms with E-state index < -0.39 is 0 Å². The maximum atomic E-state index is 5.92. The molecule has 0 amide bonds. The van der Waals surface area contributed by atoms with Crippen LogP contribution < -0.4 is 0 Å². The summed E-state index contributed by atoms with van der Waals surface area (Å²) in [6.07, 6.45) is 0.160. The molecule has 1 aromatic rings. The van der Waals surface area contributed by atoms with Gasteiger partial charge in [0.25, 0.3) is 0 Å². The van der Waals surface area contributed by atoms with Crippen LogP contribution >= 0.6 is 0 Å². The van der Waals surface area contributed by atoms with Gasteiger partial charge in [-0.15, -0.1) is 0 Å². The Bertz CT molecular complexity index is 407. The zero-order valence-electron chi connectivity index (χ0n) is 9.32. The largest absolute Gasteiger partial charge is 0.368 e. The normalized spacial score (nSPS) is 42.2. The van der Waals surface area contributed by atoms with Crippen molar-refractivity contribution in [1.82, 2.24) is 0 Å². The van der Waals surface area contributed by atoms with E-state index >= 15 is 0 Å². The minimum absolute atomic E-state index is 0.0129. The van der Waals surface area contributed by atoms with E-state index in [2.05, 4.69) is 12.1 Å². The van der Waals surface area contributed by atoms with Gasteiger partial charge in [0.2, 0.25) is 0 Å². The second-order valence-electron chi connectivity index (χ2n) is 4.70. The molecule has 0 aromatic heterocycles. The summed E-state index contributed by atoms with van der Waals surface area (Å²) in [7, 11) is 0. The summed E-state index contributed by atoms with van der Waals surface area (Å²) in [5.74, 6) is 0. The van der Waals surface area contributed by atoms with Crippen molar-refractivity contribution in [3.05, 3.63) is 35.9 Å². The van der Waals surface area contributed by atoms with Crippen LogP contribution in [0, 0.1) is 0 Å². The smallest absolute Gasteiger partial charge is 0.187 e. The monoisotopic (exact) mass is 234 g/mol. The molecule has 2 bridgehead atoms. The molecule has 5 atom stereocenters. The highest BCUT2D eigenvalue weighted by Gasteiger charge is 2.62. The molecule has 0 spiro atoms. The van der Waals surface area contributed by atoms with E-state index in [1.165, 1.54) is 5.56 Å². The lowest BCUT2D eigenvalue weighted by Crippen LogP contribution is -2.41. The van der Waals surface area contributed by atoms with Gasteiger partial charge in [-0.25, -0.2) is 0 Å². The van der Waals surface area contributed by atoms with Gasteiger partial charge in [-0.05, 0) is 5.56 Å². The van der Waals surface area contributed by atoms with Crippen LogP contribution in [0.5, 0.6) is 0 Å². The minimum atomic E-state index is -0.151. The van der Waals surface area contributed by atoms with E-state index in [9.17, 15) is 0 Å². The third-order valence-electron chi connectivity index (χ3n) is 3.54. The Balaban J connectivity index is 1.43. The van der Waals surface area contributed by atoms with E-state index in [0.29, 0.717) is 13.2 Å². The van der Waals surface area contributed by atoms with Crippen LogP contribution in [0.15, 0.2) is 30.3 Å². The van der Waals surface area contributed by atoms with Gasteiger partial charge in [-0.1, -0.05) is 30.3 Å². The number of ether oxygens (including phenoxy) is 4. The van der Waals surface area contributed by atoms with Crippen molar-refractivity contribution >= 4 is 0 Å². The minimum Gasteiger partial charge on any atom is -0.368 e. The number of epoxide rings is 1. The molecule has 4 nitrogen and oxygen atoms in total. The molecular weight excluding hydrogens is 220 g/mol. The van der Waals surface area contributed by atoms with Crippen molar-refractivity contribution in [2.24, 2.45) is 0 Å². The van der Waals surface area contributed by atoms with Crippen molar-refractivity contribution in [3.8, 4) is 0 Å². The summed E-state index contributed by atoms with van der Waals surface area (Å²) in [6, 6.07) is 10.1. The van der Waals surface area contributed by atoms with E-state index in [-0.39, 0.29) is 30.7 Å².